The van der Waals surface area contributed by atoms with Crippen molar-refractivity contribution in [1.82, 2.24) is 9.55 Å². The topological polar surface area (TPSA) is 34.9 Å². The van der Waals surface area contributed by atoms with E-state index in [4.69, 9.17) is 0 Å². The van der Waals surface area contributed by atoms with E-state index in [-0.39, 0.29) is 11.4 Å². The van der Waals surface area contributed by atoms with Gasteiger partial charge in [-0.05, 0) is 38.5 Å². The summed E-state index contributed by atoms with van der Waals surface area (Å²) in [6.07, 6.45) is 0. The summed E-state index contributed by atoms with van der Waals surface area (Å²) in [5.41, 5.74) is 0.769. The maximum absolute atomic E-state index is 13.4. The Morgan fingerprint density at radius 2 is 2.06 bits per heavy atom. The van der Waals surface area contributed by atoms with Crippen molar-refractivity contribution < 1.29 is 4.39 Å². The molecule has 0 aliphatic heterocycles. The maximum Gasteiger partial charge on any atom is 0.261 e. The highest BCUT2D eigenvalue weighted by Gasteiger charge is 2.11. The van der Waals surface area contributed by atoms with Crippen LogP contribution in [0.5, 0.6) is 0 Å². The summed E-state index contributed by atoms with van der Waals surface area (Å²) in [5.74, 6) is 0.295. The fraction of sp³-hybridized carbons (Fsp3) is 0.333. The number of aryl methyl sites for hydroxylation is 2. The lowest BCUT2D eigenvalue weighted by molar-refractivity contribution is 0.619. The molecular formula is C12H13FN2O. The molecule has 0 fully saturated rings. The fourth-order valence-corrected chi connectivity index (χ4v) is 1.92. The molecule has 0 aliphatic rings. The minimum absolute atomic E-state index is 0.165. The molecule has 0 atom stereocenters. The van der Waals surface area contributed by atoms with Gasteiger partial charge in [0.15, 0.2) is 0 Å². The first-order valence-electron chi connectivity index (χ1n) is 5.22. The molecule has 1 aromatic carbocycles. The summed E-state index contributed by atoms with van der Waals surface area (Å²) >= 11 is 0. The predicted molar refractivity (Wildman–Crippen MR) is 61.1 cm³/mol. The molecule has 0 saturated carbocycles. The highest BCUT2D eigenvalue weighted by atomic mass is 19.1. The smallest absolute Gasteiger partial charge is 0.261 e. The van der Waals surface area contributed by atoms with Crippen molar-refractivity contribution in [1.29, 1.82) is 0 Å². The predicted octanol–water partition coefficient (Wildman–Crippen LogP) is 2.17. The van der Waals surface area contributed by atoms with Gasteiger partial charge in [0.05, 0.1) is 10.9 Å². The zero-order valence-corrected chi connectivity index (χ0v) is 9.54. The van der Waals surface area contributed by atoms with Crippen molar-refractivity contribution in [3.8, 4) is 0 Å². The minimum atomic E-state index is -0.363. The van der Waals surface area contributed by atoms with E-state index < -0.39 is 0 Å². The first kappa shape index (κ1) is 10.8. The monoisotopic (exact) mass is 220 g/mol. The maximum atomic E-state index is 13.4. The number of hydrogen-bond acceptors (Lipinski definition) is 2. The molecule has 0 amide bonds. The Kier molecular flexibility index (Phi) is 2.50. The minimum Gasteiger partial charge on any atom is -0.297 e. The van der Waals surface area contributed by atoms with Crippen LogP contribution in [-0.4, -0.2) is 9.55 Å². The van der Waals surface area contributed by atoms with Crippen molar-refractivity contribution in [2.45, 2.75) is 27.3 Å². The van der Waals surface area contributed by atoms with Crippen molar-refractivity contribution in [3.63, 3.8) is 0 Å². The standard InChI is InChI=1S/C12H13FN2O/c1-4-15-8(3)14-10-6-5-9(13)7(2)11(10)12(15)16/h5-6H,4H2,1-3H3. The van der Waals surface area contributed by atoms with Crippen LogP contribution < -0.4 is 5.56 Å². The van der Waals surface area contributed by atoms with Crippen LogP contribution in [0.2, 0.25) is 0 Å². The van der Waals surface area contributed by atoms with Gasteiger partial charge < -0.3 is 0 Å². The number of aromatic nitrogens is 2. The van der Waals surface area contributed by atoms with Gasteiger partial charge in [-0.2, -0.15) is 0 Å². The molecule has 0 unspecified atom stereocenters. The molecule has 2 aromatic rings. The van der Waals surface area contributed by atoms with Crippen LogP contribution in [0.25, 0.3) is 10.9 Å². The summed E-state index contributed by atoms with van der Waals surface area (Å²) in [4.78, 5) is 16.4. The lowest BCUT2D eigenvalue weighted by Crippen LogP contribution is -2.23. The van der Waals surface area contributed by atoms with E-state index in [2.05, 4.69) is 4.98 Å². The lowest BCUT2D eigenvalue weighted by atomic mass is 10.1. The van der Waals surface area contributed by atoms with E-state index in [0.717, 1.165) is 0 Å². The molecule has 3 nitrogen and oxygen atoms in total. The molecule has 0 bridgehead atoms. The molecule has 16 heavy (non-hydrogen) atoms. The number of rotatable bonds is 1. The highest BCUT2D eigenvalue weighted by Crippen LogP contribution is 2.16. The molecular weight excluding hydrogens is 207 g/mol. The van der Waals surface area contributed by atoms with Crippen LogP contribution in [-0.2, 0) is 6.54 Å². The Morgan fingerprint density at radius 1 is 1.38 bits per heavy atom. The fourth-order valence-electron chi connectivity index (χ4n) is 1.92. The average Bonchev–Trinajstić information content (AvgIpc) is 2.24. The van der Waals surface area contributed by atoms with Crippen molar-refractivity contribution in [2.24, 2.45) is 0 Å². The van der Waals surface area contributed by atoms with E-state index >= 15 is 0 Å². The van der Waals surface area contributed by atoms with E-state index in [1.54, 1.807) is 24.5 Å². The average molecular weight is 220 g/mol. The van der Waals surface area contributed by atoms with Crippen LogP contribution >= 0.6 is 0 Å². The number of halogens is 1. The summed E-state index contributed by atoms with van der Waals surface area (Å²) in [6, 6.07) is 2.89. The van der Waals surface area contributed by atoms with Crippen LogP contribution in [0.1, 0.15) is 18.3 Å². The van der Waals surface area contributed by atoms with Crippen LogP contribution in [0.15, 0.2) is 16.9 Å². The summed E-state index contributed by atoms with van der Waals surface area (Å²) in [7, 11) is 0. The van der Waals surface area contributed by atoms with Gasteiger partial charge >= 0.3 is 0 Å². The Balaban J connectivity index is 3.01. The summed E-state index contributed by atoms with van der Waals surface area (Å²) in [6.45, 7) is 5.80. The third-order valence-electron chi connectivity index (χ3n) is 2.83. The number of hydrogen-bond donors (Lipinski definition) is 0. The van der Waals surface area contributed by atoms with Gasteiger partial charge in [0.2, 0.25) is 0 Å². The Bertz CT molecular complexity index is 616. The Hall–Kier alpha value is -1.71. The zero-order chi connectivity index (χ0) is 11.9. The van der Waals surface area contributed by atoms with Crippen molar-refractivity contribution in [2.75, 3.05) is 0 Å². The van der Waals surface area contributed by atoms with Crippen LogP contribution in [0.3, 0.4) is 0 Å². The highest BCUT2D eigenvalue weighted by molar-refractivity contribution is 5.81. The number of nitrogens with zero attached hydrogens (tertiary/aromatic N) is 2. The van der Waals surface area contributed by atoms with Gasteiger partial charge in [0.25, 0.3) is 5.56 Å². The molecule has 0 saturated heterocycles. The summed E-state index contributed by atoms with van der Waals surface area (Å²) in [5, 5.41) is 0.382. The second-order valence-corrected chi connectivity index (χ2v) is 3.77. The number of fused-ring (bicyclic) bond motifs is 1. The molecule has 1 heterocycles. The van der Waals surface area contributed by atoms with E-state index in [1.807, 2.05) is 6.92 Å². The van der Waals surface area contributed by atoms with Gasteiger partial charge in [-0.25, -0.2) is 9.37 Å². The lowest BCUT2D eigenvalue weighted by Gasteiger charge is -2.09. The van der Waals surface area contributed by atoms with Crippen molar-refractivity contribution in [3.05, 3.63) is 39.7 Å². The largest absolute Gasteiger partial charge is 0.297 e. The molecule has 0 aliphatic carbocycles. The molecule has 0 spiro atoms. The normalized spacial score (nSPS) is 11.0. The molecule has 0 N–H and O–H groups in total. The Morgan fingerprint density at radius 3 is 2.69 bits per heavy atom. The van der Waals surface area contributed by atoms with Gasteiger partial charge in [0, 0.05) is 6.54 Å². The van der Waals surface area contributed by atoms with Gasteiger partial charge in [-0.15, -0.1) is 0 Å². The first-order valence-corrected chi connectivity index (χ1v) is 5.22. The molecule has 0 radical (unpaired) electrons. The third-order valence-corrected chi connectivity index (χ3v) is 2.83. The van der Waals surface area contributed by atoms with Gasteiger partial charge in [-0.3, -0.25) is 9.36 Å². The third kappa shape index (κ3) is 1.41. The molecule has 84 valence electrons. The second kappa shape index (κ2) is 3.70. The molecule has 1 aromatic heterocycles. The van der Waals surface area contributed by atoms with E-state index in [9.17, 15) is 9.18 Å². The zero-order valence-electron chi connectivity index (χ0n) is 9.54. The van der Waals surface area contributed by atoms with E-state index in [0.29, 0.717) is 28.8 Å². The van der Waals surface area contributed by atoms with E-state index in [1.165, 1.54) is 6.07 Å². The van der Waals surface area contributed by atoms with Crippen LogP contribution in [0, 0.1) is 19.7 Å². The quantitative estimate of drug-likeness (QED) is 0.738. The van der Waals surface area contributed by atoms with Gasteiger partial charge in [0.1, 0.15) is 11.6 Å². The number of benzene rings is 1. The first-order chi connectivity index (χ1) is 7.56. The molecule has 4 heteroatoms. The van der Waals surface area contributed by atoms with Gasteiger partial charge in [-0.1, -0.05) is 0 Å². The Labute approximate surface area is 92.5 Å². The summed E-state index contributed by atoms with van der Waals surface area (Å²) < 4.78 is 14.9. The molecule has 2 rings (SSSR count). The SMILES string of the molecule is CCn1c(C)nc2ccc(F)c(C)c2c1=O. The second-order valence-electron chi connectivity index (χ2n) is 3.77. The van der Waals surface area contributed by atoms with Crippen LogP contribution in [0.4, 0.5) is 4.39 Å². The van der Waals surface area contributed by atoms with Crippen molar-refractivity contribution >= 4 is 10.9 Å².